The second kappa shape index (κ2) is 13.5. The fourth-order valence-electron chi connectivity index (χ4n) is 7.25. The first-order valence-electron chi connectivity index (χ1n) is 17.9. The molecule has 5 aliphatic rings. The third-order valence-electron chi connectivity index (χ3n) is 10.6. The highest BCUT2D eigenvalue weighted by Crippen LogP contribution is 2.45. The van der Waals surface area contributed by atoms with E-state index in [4.69, 9.17) is 9.47 Å². The lowest BCUT2D eigenvalue weighted by molar-refractivity contribution is -0.143. The van der Waals surface area contributed by atoms with Crippen molar-refractivity contribution < 1.29 is 41.9 Å². The van der Waals surface area contributed by atoms with Gasteiger partial charge in [-0.1, -0.05) is 57.2 Å². The van der Waals surface area contributed by atoms with E-state index in [-0.39, 0.29) is 19.4 Å². The molecule has 1 saturated heterocycles. The summed E-state index contributed by atoms with van der Waals surface area (Å²) in [6, 6.07) is 3.48. The number of nitrogens with one attached hydrogen (secondary N) is 3. The number of hydrogen-bond donors (Lipinski definition) is 3. The van der Waals surface area contributed by atoms with Crippen LogP contribution >= 0.6 is 0 Å². The van der Waals surface area contributed by atoms with E-state index in [1.165, 1.54) is 11.0 Å². The van der Waals surface area contributed by atoms with E-state index >= 15 is 0 Å². The molecule has 4 bridgehead atoms. The van der Waals surface area contributed by atoms with Crippen molar-refractivity contribution in [2.75, 3.05) is 6.54 Å². The normalized spacial score (nSPS) is 29.1. The molecule has 2 saturated carbocycles. The van der Waals surface area contributed by atoms with Crippen molar-refractivity contribution in [2.24, 2.45) is 11.3 Å². The van der Waals surface area contributed by atoms with E-state index in [9.17, 15) is 32.4 Å². The van der Waals surface area contributed by atoms with E-state index in [0.29, 0.717) is 38.8 Å². The largest absolute Gasteiger partial charge is 0.444 e. The van der Waals surface area contributed by atoms with Crippen molar-refractivity contribution in [3.05, 3.63) is 53.6 Å². The van der Waals surface area contributed by atoms with Gasteiger partial charge < -0.3 is 25.0 Å². The maximum Gasteiger partial charge on any atom is 0.410 e. The van der Waals surface area contributed by atoms with Crippen molar-refractivity contribution in [3.63, 3.8) is 0 Å². The van der Waals surface area contributed by atoms with Gasteiger partial charge in [-0.25, -0.2) is 18.0 Å². The summed E-state index contributed by atoms with van der Waals surface area (Å²) in [4.78, 5) is 71.9. The molecule has 1 aromatic carbocycles. The predicted octanol–water partition coefficient (Wildman–Crippen LogP) is 3.50. The number of nitrogens with zero attached hydrogens (tertiary/aromatic N) is 2. The van der Waals surface area contributed by atoms with Gasteiger partial charge in [0, 0.05) is 18.9 Å². The fraction of sp³-hybridized carbons (Fsp3) is 0.595. The lowest BCUT2D eigenvalue weighted by Gasteiger charge is -2.36. The molecule has 15 heteroatoms. The van der Waals surface area contributed by atoms with Crippen molar-refractivity contribution in [1.29, 1.82) is 0 Å². The minimum Gasteiger partial charge on any atom is -0.444 e. The Bertz CT molecular complexity index is 1810. The molecule has 3 aliphatic heterocycles. The zero-order chi connectivity index (χ0) is 37.8. The van der Waals surface area contributed by atoms with Crippen molar-refractivity contribution in [3.8, 4) is 0 Å². The summed E-state index contributed by atoms with van der Waals surface area (Å²) in [5.74, 6) is -2.74. The Balaban J connectivity index is 1.30. The minimum absolute atomic E-state index is 0.0940. The molecule has 6 rings (SSSR count). The molecule has 282 valence electrons. The number of allylic oxidation sites excluding steroid dienone is 1. The van der Waals surface area contributed by atoms with Crippen molar-refractivity contribution >= 4 is 46.0 Å². The van der Waals surface area contributed by atoms with Crippen LogP contribution in [0.1, 0.15) is 89.8 Å². The highest BCUT2D eigenvalue weighted by molar-refractivity contribution is 7.91. The van der Waals surface area contributed by atoms with Crippen LogP contribution in [-0.2, 0) is 47.0 Å². The Kier molecular flexibility index (Phi) is 9.73. The quantitative estimate of drug-likeness (QED) is 0.368. The third-order valence-corrected chi connectivity index (χ3v) is 12.4. The fourth-order valence-corrected chi connectivity index (χ4v) is 8.61. The van der Waals surface area contributed by atoms with Crippen LogP contribution in [0.25, 0.3) is 6.08 Å². The standard InChI is InChI=1S/C37H49N5O9S/c1-7-24-18-37(24,32(45)40-52(48,49)26-14-15-26)39-30(43)28-17-25-20-42(28)31(44)29(35(2,3)4)38-33(46)51-36(5,6)16-9-8-11-22-12-10-13-23-19-41(21-27(22)23)34(47)50-25/h7-8,10-13,24-26,28-29H,1,9,14-21H2,2-6H3,(H,38,46)(H,39,43)(H,40,45)/t24-,25-,28+,29-,37-/m1/s1. The number of sulfonamides is 1. The van der Waals surface area contributed by atoms with Crippen LogP contribution in [0.4, 0.5) is 9.59 Å². The van der Waals surface area contributed by atoms with Gasteiger partial charge in [0.25, 0.3) is 5.91 Å². The Morgan fingerprint density at radius 2 is 1.85 bits per heavy atom. The Morgan fingerprint density at radius 3 is 2.50 bits per heavy atom. The summed E-state index contributed by atoms with van der Waals surface area (Å²) < 4.78 is 39.2. The smallest absolute Gasteiger partial charge is 0.410 e. The Hall–Kier alpha value is -4.40. The molecule has 14 nitrogen and oxygen atoms in total. The highest BCUT2D eigenvalue weighted by Gasteiger charge is 2.62. The molecule has 5 amide bonds. The van der Waals surface area contributed by atoms with Gasteiger partial charge in [0.2, 0.25) is 21.8 Å². The number of ether oxygens (including phenoxy) is 2. The minimum atomic E-state index is -3.91. The summed E-state index contributed by atoms with van der Waals surface area (Å²) in [6.45, 7) is 13.1. The van der Waals surface area contributed by atoms with Crippen molar-refractivity contribution in [2.45, 2.75) is 121 Å². The van der Waals surface area contributed by atoms with E-state index in [1.807, 2.05) is 30.4 Å². The number of rotatable bonds is 6. The first-order valence-corrected chi connectivity index (χ1v) is 19.4. The number of carbonyl (C=O) groups is 5. The summed E-state index contributed by atoms with van der Waals surface area (Å²) in [5.41, 5.74) is -0.377. The Labute approximate surface area is 304 Å². The molecule has 0 unspecified atom stereocenters. The van der Waals surface area contributed by atoms with E-state index in [1.54, 1.807) is 39.5 Å². The maximum atomic E-state index is 14.5. The SMILES string of the molecule is C=C[C@@H]1C[C@]1(NC(=O)[C@@H]1C[C@@H]2CN1C(=O)[C@H](C(C)(C)C)NC(=O)OC(C)(C)CCC=Cc1cccc3c1CN(C3)C(=O)O2)C(=O)NS(=O)(=O)C1CC1. The van der Waals surface area contributed by atoms with Crippen LogP contribution in [0.5, 0.6) is 0 Å². The lowest BCUT2D eigenvalue weighted by atomic mass is 9.85. The van der Waals surface area contributed by atoms with Gasteiger partial charge in [0.15, 0.2) is 0 Å². The Morgan fingerprint density at radius 1 is 1.12 bits per heavy atom. The number of amides is 5. The molecule has 3 N–H and O–H groups in total. The van der Waals surface area contributed by atoms with Crippen LogP contribution < -0.4 is 15.4 Å². The van der Waals surface area contributed by atoms with Gasteiger partial charge in [0.05, 0.1) is 18.3 Å². The topological polar surface area (TPSA) is 181 Å². The van der Waals surface area contributed by atoms with Gasteiger partial charge in [-0.05, 0) is 68.1 Å². The molecule has 0 spiro atoms. The summed E-state index contributed by atoms with van der Waals surface area (Å²) >= 11 is 0. The number of fused-ring (bicyclic) bond motifs is 3. The van der Waals surface area contributed by atoms with Gasteiger partial charge >= 0.3 is 12.2 Å². The molecule has 0 radical (unpaired) electrons. The average Bonchev–Trinajstić information content (AvgIpc) is 3.94. The molecule has 2 aliphatic carbocycles. The zero-order valence-electron chi connectivity index (χ0n) is 30.4. The highest BCUT2D eigenvalue weighted by atomic mass is 32.2. The van der Waals surface area contributed by atoms with Crippen LogP contribution in [0, 0.1) is 11.3 Å². The van der Waals surface area contributed by atoms with Crippen LogP contribution in [0.15, 0.2) is 36.9 Å². The maximum absolute atomic E-state index is 14.5. The lowest BCUT2D eigenvalue weighted by Crippen LogP contribution is -2.60. The molecular formula is C37H49N5O9S. The summed E-state index contributed by atoms with van der Waals surface area (Å²) in [5, 5.41) is 4.82. The molecule has 0 aromatic heterocycles. The molecule has 3 heterocycles. The summed E-state index contributed by atoms with van der Waals surface area (Å²) in [6.07, 6.45) is 5.18. The first-order chi connectivity index (χ1) is 24.3. The molecular weight excluding hydrogens is 691 g/mol. The van der Waals surface area contributed by atoms with Gasteiger partial charge in [-0.15, -0.1) is 6.58 Å². The molecule has 1 aromatic rings. The van der Waals surface area contributed by atoms with Gasteiger partial charge in [-0.2, -0.15) is 0 Å². The molecule has 3 fully saturated rings. The number of benzene rings is 1. The number of hydrogen-bond acceptors (Lipinski definition) is 9. The zero-order valence-corrected chi connectivity index (χ0v) is 31.2. The number of alkyl carbamates (subject to hydrolysis) is 1. The number of carbonyl (C=O) groups excluding carboxylic acids is 5. The molecule has 5 atom stereocenters. The van der Waals surface area contributed by atoms with Gasteiger partial charge in [-0.3, -0.25) is 24.0 Å². The van der Waals surface area contributed by atoms with Crippen LogP contribution in [0.3, 0.4) is 0 Å². The third kappa shape index (κ3) is 7.69. The number of cyclic esters (lactones) is 1. The van der Waals surface area contributed by atoms with E-state index < -0.39 is 85.8 Å². The van der Waals surface area contributed by atoms with E-state index in [2.05, 4.69) is 21.9 Å². The van der Waals surface area contributed by atoms with Gasteiger partial charge in [0.1, 0.15) is 29.3 Å². The van der Waals surface area contributed by atoms with Crippen molar-refractivity contribution in [1.82, 2.24) is 25.2 Å². The molecule has 52 heavy (non-hydrogen) atoms. The van der Waals surface area contributed by atoms with Crippen LogP contribution in [0.2, 0.25) is 0 Å². The average molecular weight is 740 g/mol. The van der Waals surface area contributed by atoms with Crippen LogP contribution in [-0.4, -0.2) is 89.2 Å². The summed E-state index contributed by atoms with van der Waals surface area (Å²) in [7, 11) is -3.91. The first kappa shape index (κ1) is 37.4. The predicted molar refractivity (Wildman–Crippen MR) is 191 cm³/mol. The van der Waals surface area contributed by atoms with E-state index in [0.717, 1.165) is 16.7 Å². The second-order valence-corrected chi connectivity index (χ2v) is 18.3. The monoisotopic (exact) mass is 739 g/mol. The second-order valence-electron chi connectivity index (χ2n) is 16.3.